The molecule has 0 radical (unpaired) electrons. The first kappa shape index (κ1) is 14.1. The maximum atomic E-state index is 5.44. The lowest BCUT2D eigenvalue weighted by atomic mass is 9.85. The quantitative estimate of drug-likeness (QED) is 0.669. The molecule has 17 heavy (non-hydrogen) atoms. The first-order valence-electron chi connectivity index (χ1n) is 6.66. The molecule has 0 unspecified atom stereocenters. The molecule has 0 amide bonds. The van der Waals surface area contributed by atoms with Gasteiger partial charge in [0.05, 0.1) is 7.11 Å². The molecular formula is C16H26O. The lowest BCUT2D eigenvalue weighted by molar-refractivity contribution is 0.408. The largest absolute Gasteiger partial charge is 0.496 e. The highest BCUT2D eigenvalue weighted by Crippen LogP contribution is 2.28. The smallest absolute Gasteiger partial charge is 0.122 e. The number of hydrogen-bond acceptors (Lipinski definition) is 1. The molecule has 0 saturated carbocycles. The predicted octanol–water partition coefficient (Wildman–Crippen LogP) is 4.73. The maximum Gasteiger partial charge on any atom is 0.122 e. The van der Waals surface area contributed by atoms with Crippen LogP contribution < -0.4 is 4.74 Å². The van der Waals surface area contributed by atoms with Crippen LogP contribution in [0.15, 0.2) is 18.2 Å². The van der Waals surface area contributed by atoms with Crippen molar-refractivity contribution in [3.63, 3.8) is 0 Å². The van der Waals surface area contributed by atoms with E-state index >= 15 is 0 Å². The first-order chi connectivity index (χ1) is 7.99. The second-order valence-electron chi connectivity index (χ2n) is 5.73. The standard InChI is InChI=1S/C16H26O/c1-6-7-8-9-13-12-14(16(2,3)4)10-11-15(13)17-5/h10-12H,6-9H2,1-5H3. The number of unbranched alkanes of at least 4 members (excludes halogenated alkanes) is 2. The zero-order valence-electron chi connectivity index (χ0n) is 12.0. The fourth-order valence-electron chi connectivity index (χ4n) is 2.01. The normalized spacial score (nSPS) is 11.6. The molecule has 0 heterocycles. The van der Waals surface area contributed by atoms with Crippen LogP contribution in [0.4, 0.5) is 0 Å². The third kappa shape index (κ3) is 4.07. The fraction of sp³-hybridized carbons (Fsp3) is 0.625. The van der Waals surface area contributed by atoms with Crippen LogP contribution in [0.2, 0.25) is 0 Å². The van der Waals surface area contributed by atoms with Crippen LogP contribution in [0.5, 0.6) is 5.75 Å². The van der Waals surface area contributed by atoms with Gasteiger partial charge in [-0.15, -0.1) is 0 Å². The summed E-state index contributed by atoms with van der Waals surface area (Å²) < 4.78 is 5.44. The Hall–Kier alpha value is -0.980. The van der Waals surface area contributed by atoms with Gasteiger partial charge in [-0.3, -0.25) is 0 Å². The van der Waals surface area contributed by atoms with Crippen molar-refractivity contribution in [1.82, 2.24) is 0 Å². The monoisotopic (exact) mass is 234 g/mol. The summed E-state index contributed by atoms with van der Waals surface area (Å²) in [5.74, 6) is 1.04. The molecule has 1 aromatic rings. The van der Waals surface area contributed by atoms with Gasteiger partial charge < -0.3 is 4.74 Å². The van der Waals surface area contributed by atoms with Crippen LogP contribution in [-0.2, 0) is 11.8 Å². The Morgan fingerprint density at radius 3 is 2.35 bits per heavy atom. The van der Waals surface area contributed by atoms with Crippen molar-refractivity contribution in [1.29, 1.82) is 0 Å². The molecule has 1 rings (SSSR count). The third-order valence-electron chi connectivity index (χ3n) is 3.20. The number of rotatable bonds is 5. The van der Waals surface area contributed by atoms with Gasteiger partial charge in [-0.25, -0.2) is 0 Å². The Bertz CT molecular complexity index is 347. The van der Waals surface area contributed by atoms with Gasteiger partial charge in [0.1, 0.15) is 5.75 Å². The number of ether oxygens (including phenoxy) is 1. The predicted molar refractivity (Wildman–Crippen MR) is 74.9 cm³/mol. The molecule has 0 atom stereocenters. The molecular weight excluding hydrogens is 208 g/mol. The zero-order chi connectivity index (χ0) is 12.9. The van der Waals surface area contributed by atoms with Crippen LogP contribution in [0.3, 0.4) is 0 Å². The van der Waals surface area contributed by atoms with Gasteiger partial charge >= 0.3 is 0 Å². The summed E-state index contributed by atoms with van der Waals surface area (Å²) in [6.07, 6.45) is 4.94. The molecule has 0 saturated heterocycles. The minimum Gasteiger partial charge on any atom is -0.496 e. The lowest BCUT2D eigenvalue weighted by Gasteiger charge is -2.21. The van der Waals surface area contributed by atoms with Gasteiger partial charge in [0.25, 0.3) is 0 Å². The van der Waals surface area contributed by atoms with E-state index in [1.165, 1.54) is 30.4 Å². The van der Waals surface area contributed by atoms with Crippen LogP contribution >= 0.6 is 0 Å². The Labute approximate surface area is 106 Å². The van der Waals surface area contributed by atoms with Gasteiger partial charge in [-0.1, -0.05) is 52.7 Å². The summed E-state index contributed by atoms with van der Waals surface area (Å²) in [5, 5.41) is 0. The number of benzene rings is 1. The van der Waals surface area contributed by atoms with E-state index in [1.54, 1.807) is 7.11 Å². The minimum absolute atomic E-state index is 0.214. The van der Waals surface area contributed by atoms with Crippen molar-refractivity contribution in [2.24, 2.45) is 0 Å². The van der Waals surface area contributed by atoms with Gasteiger partial charge in [-0.05, 0) is 35.4 Å². The highest BCUT2D eigenvalue weighted by atomic mass is 16.5. The van der Waals surface area contributed by atoms with Crippen LogP contribution in [0.1, 0.15) is 58.1 Å². The molecule has 0 aliphatic rings. The van der Waals surface area contributed by atoms with Crippen LogP contribution in [0, 0.1) is 0 Å². The molecule has 0 aliphatic heterocycles. The van der Waals surface area contributed by atoms with Crippen molar-refractivity contribution in [2.75, 3.05) is 7.11 Å². The van der Waals surface area contributed by atoms with E-state index in [2.05, 4.69) is 45.9 Å². The SMILES string of the molecule is CCCCCc1cc(C(C)(C)C)ccc1OC. The highest BCUT2D eigenvalue weighted by Gasteiger charge is 2.15. The Kier molecular flexibility index (Phi) is 5.04. The average molecular weight is 234 g/mol. The molecule has 0 bridgehead atoms. The van der Waals surface area contributed by atoms with E-state index in [0.29, 0.717) is 0 Å². The molecule has 0 aliphatic carbocycles. The second kappa shape index (κ2) is 6.09. The lowest BCUT2D eigenvalue weighted by Crippen LogP contribution is -2.11. The molecule has 0 fully saturated rings. The molecule has 96 valence electrons. The number of hydrogen-bond donors (Lipinski definition) is 0. The topological polar surface area (TPSA) is 9.23 Å². The number of aryl methyl sites for hydroxylation is 1. The van der Waals surface area contributed by atoms with Crippen LogP contribution in [0.25, 0.3) is 0 Å². The molecule has 1 nitrogen and oxygen atoms in total. The highest BCUT2D eigenvalue weighted by molar-refractivity contribution is 5.39. The molecule has 1 aromatic carbocycles. The maximum absolute atomic E-state index is 5.44. The summed E-state index contributed by atoms with van der Waals surface area (Å²) in [6, 6.07) is 6.61. The van der Waals surface area contributed by atoms with Gasteiger partial charge in [-0.2, -0.15) is 0 Å². The fourth-order valence-corrected chi connectivity index (χ4v) is 2.01. The van der Waals surface area contributed by atoms with Crippen molar-refractivity contribution < 1.29 is 4.74 Å². The minimum atomic E-state index is 0.214. The second-order valence-corrected chi connectivity index (χ2v) is 5.73. The van der Waals surface area contributed by atoms with Gasteiger partial charge in [0.15, 0.2) is 0 Å². The summed E-state index contributed by atoms with van der Waals surface area (Å²) in [4.78, 5) is 0. The Morgan fingerprint density at radius 1 is 1.12 bits per heavy atom. The van der Waals surface area contributed by atoms with Crippen molar-refractivity contribution in [3.05, 3.63) is 29.3 Å². The third-order valence-corrected chi connectivity index (χ3v) is 3.20. The van der Waals surface area contributed by atoms with Crippen molar-refractivity contribution >= 4 is 0 Å². The zero-order valence-corrected chi connectivity index (χ0v) is 12.0. The van der Waals surface area contributed by atoms with E-state index in [1.807, 2.05) is 0 Å². The molecule has 1 heteroatoms. The van der Waals surface area contributed by atoms with Crippen molar-refractivity contribution in [2.45, 2.75) is 58.8 Å². The summed E-state index contributed by atoms with van der Waals surface area (Å²) >= 11 is 0. The Balaban J connectivity index is 2.90. The first-order valence-corrected chi connectivity index (χ1v) is 6.66. The summed E-state index contributed by atoms with van der Waals surface area (Å²) in [6.45, 7) is 9.00. The van der Waals surface area contributed by atoms with E-state index < -0.39 is 0 Å². The van der Waals surface area contributed by atoms with E-state index in [4.69, 9.17) is 4.74 Å². The molecule has 0 aromatic heterocycles. The van der Waals surface area contributed by atoms with E-state index in [-0.39, 0.29) is 5.41 Å². The average Bonchev–Trinajstić information content (AvgIpc) is 2.28. The summed E-state index contributed by atoms with van der Waals surface area (Å²) in [7, 11) is 1.76. The van der Waals surface area contributed by atoms with E-state index in [0.717, 1.165) is 12.2 Å². The molecule has 0 N–H and O–H groups in total. The molecule has 0 spiro atoms. The van der Waals surface area contributed by atoms with Gasteiger partial charge in [0, 0.05) is 0 Å². The van der Waals surface area contributed by atoms with Crippen molar-refractivity contribution in [3.8, 4) is 5.75 Å². The van der Waals surface area contributed by atoms with Gasteiger partial charge in [0.2, 0.25) is 0 Å². The summed E-state index contributed by atoms with van der Waals surface area (Å²) in [5.41, 5.74) is 2.96. The Morgan fingerprint density at radius 2 is 1.82 bits per heavy atom. The van der Waals surface area contributed by atoms with E-state index in [9.17, 15) is 0 Å². The number of methoxy groups -OCH3 is 1. The van der Waals surface area contributed by atoms with Crippen LogP contribution in [-0.4, -0.2) is 7.11 Å².